The highest BCUT2D eigenvalue weighted by Crippen LogP contribution is 2.38. The zero-order valence-corrected chi connectivity index (χ0v) is 12.2. The molecule has 2 unspecified atom stereocenters. The topological polar surface area (TPSA) is 38.7 Å². The maximum absolute atomic E-state index is 10.6. The summed E-state index contributed by atoms with van der Waals surface area (Å²) in [7, 11) is 3.25. The van der Waals surface area contributed by atoms with Crippen molar-refractivity contribution in [2.24, 2.45) is 0 Å². The molecule has 0 saturated carbocycles. The summed E-state index contributed by atoms with van der Waals surface area (Å²) in [6, 6.07) is 3.99. The molecule has 0 heterocycles. The van der Waals surface area contributed by atoms with E-state index in [0.29, 0.717) is 0 Å². The van der Waals surface area contributed by atoms with Gasteiger partial charge in [0.2, 0.25) is 0 Å². The average molecular weight is 252 g/mol. The van der Waals surface area contributed by atoms with Crippen molar-refractivity contribution in [3.8, 4) is 5.75 Å². The molecular formula is C15H24O3. The molecular weight excluding hydrogens is 228 g/mol. The minimum absolute atomic E-state index is 0.604. The van der Waals surface area contributed by atoms with E-state index in [1.807, 2.05) is 39.8 Å². The van der Waals surface area contributed by atoms with Crippen LogP contribution in [0.5, 0.6) is 5.75 Å². The summed E-state index contributed by atoms with van der Waals surface area (Å²) in [5, 5.41) is 10.6. The Labute approximate surface area is 110 Å². The van der Waals surface area contributed by atoms with Crippen LogP contribution in [0.3, 0.4) is 0 Å². The number of aryl methyl sites for hydroxylation is 2. The third kappa shape index (κ3) is 2.68. The average Bonchev–Trinajstić information content (AvgIpc) is 2.36. The lowest BCUT2D eigenvalue weighted by Gasteiger charge is -2.34. The van der Waals surface area contributed by atoms with Crippen molar-refractivity contribution in [3.63, 3.8) is 0 Å². The van der Waals surface area contributed by atoms with E-state index in [0.717, 1.165) is 28.9 Å². The molecule has 1 N–H and O–H groups in total. The summed E-state index contributed by atoms with van der Waals surface area (Å²) in [4.78, 5) is 0. The van der Waals surface area contributed by atoms with Gasteiger partial charge in [0.1, 0.15) is 11.9 Å². The maximum Gasteiger partial charge on any atom is 0.125 e. The number of hydrogen-bond donors (Lipinski definition) is 1. The zero-order chi connectivity index (χ0) is 13.9. The number of aliphatic hydroxyl groups excluding tert-OH is 1. The molecule has 18 heavy (non-hydrogen) atoms. The van der Waals surface area contributed by atoms with E-state index in [2.05, 4.69) is 0 Å². The van der Waals surface area contributed by atoms with Crippen molar-refractivity contribution < 1.29 is 14.6 Å². The minimum atomic E-state index is -0.706. The van der Waals surface area contributed by atoms with E-state index < -0.39 is 11.7 Å². The summed E-state index contributed by atoms with van der Waals surface area (Å²) in [6.45, 7) is 7.92. The Hall–Kier alpha value is -1.06. The Morgan fingerprint density at radius 1 is 1.28 bits per heavy atom. The fraction of sp³-hybridized carbons (Fsp3) is 0.600. The van der Waals surface area contributed by atoms with Crippen LogP contribution in [-0.2, 0) is 4.74 Å². The second-order valence-electron chi connectivity index (χ2n) is 4.97. The number of benzene rings is 1. The lowest BCUT2D eigenvalue weighted by molar-refractivity contribution is -0.0952. The first-order chi connectivity index (χ1) is 8.39. The molecule has 3 nitrogen and oxygen atoms in total. The van der Waals surface area contributed by atoms with Crippen LogP contribution in [0.2, 0.25) is 0 Å². The predicted octanol–water partition coefficient (Wildman–Crippen LogP) is 3.16. The van der Waals surface area contributed by atoms with Crippen LogP contribution < -0.4 is 4.74 Å². The maximum atomic E-state index is 10.6. The van der Waals surface area contributed by atoms with Gasteiger partial charge in [0.25, 0.3) is 0 Å². The quantitative estimate of drug-likeness (QED) is 0.875. The molecule has 2 atom stereocenters. The van der Waals surface area contributed by atoms with Crippen molar-refractivity contribution in [2.45, 2.75) is 45.8 Å². The third-order valence-corrected chi connectivity index (χ3v) is 3.73. The Bertz CT molecular complexity index is 408. The molecule has 0 aliphatic heterocycles. The van der Waals surface area contributed by atoms with Gasteiger partial charge < -0.3 is 14.6 Å². The summed E-state index contributed by atoms with van der Waals surface area (Å²) in [6.07, 6.45) is 0.0178. The van der Waals surface area contributed by atoms with Gasteiger partial charge in [0.05, 0.1) is 12.7 Å². The van der Waals surface area contributed by atoms with Crippen LogP contribution >= 0.6 is 0 Å². The molecule has 0 aliphatic carbocycles. The molecule has 0 radical (unpaired) electrons. The normalized spacial score (nSPS) is 16.2. The van der Waals surface area contributed by atoms with Crippen LogP contribution in [0.1, 0.15) is 43.1 Å². The zero-order valence-electron chi connectivity index (χ0n) is 12.2. The van der Waals surface area contributed by atoms with E-state index in [4.69, 9.17) is 9.47 Å². The van der Waals surface area contributed by atoms with E-state index >= 15 is 0 Å². The molecule has 0 aliphatic rings. The summed E-state index contributed by atoms with van der Waals surface area (Å²) in [5.74, 6) is 0.719. The van der Waals surface area contributed by atoms with Gasteiger partial charge in [-0.05, 0) is 44.4 Å². The first-order valence-electron chi connectivity index (χ1n) is 6.28. The van der Waals surface area contributed by atoms with Crippen molar-refractivity contribution in [1.82, 2.24) is 0 Å². The summed E-state index contributed by atoms with van der Waals surface area (Å²) in [5.41, 5.74) is 2.36. The Balaban J connectivity index is 3.32. The monoisotopic (exact) mass is 252 g/mol. The molecule has 0 aromatic heterocycles. The van der Waals surface area contributed by atoms with Gasteiger partial charge in [-0.15, -0.1) is 0 Å². The minimum Gasteiger partial charge on any atom is -0.496 e. The molecule has 0 bridgehead atoms. The van der Waals surface area contributed by atoms with Gasteiger partial charge in [-0.2, -0.15) is 0 Å². The Kier molecular flexibility index (Phi) is 4.77. The van der Waals surface area contributed by atoms with Crippen LogP contribution in [-0.4, -0.2) is 24.9 Å². The van der Waals surface area contributed by atoms with Crippen LogP contribution in [0.4, 0.5) is 0 Å². The Morgan fingerprint density at radius 3 is 2.33 bits per heavy atom. The van der Waals surface area contributed by atoms with Crippen molar-refractivity contribution in [1.29, 1.82) is 0 Å². The largest absolute Gasteiger partial charge is 0.496 e. The number of rotatable bonds is 5. The number of aliphatic hydroxyl groups is 1. The highest BCUT2D eigenvalue weighted by molar-refractivity contribution is 5.45. The second kappa shape index (κ2) is 5.72. The third-order valence-electron chi connectivity index (χ3n) is 3.73. The predicted molar refractivity (Wildman–Crippen MR) is 73.1 cm³/mol. The molecule has 1 aromatic rings. The van der Waals surface area contributed by atoms with E-state index in [1.54, 1.807) is 14.2 Å². The second-order valence-corrected chi connectivity index (χ2v) is 4.97. The van der Waals surface area contributed by atoms with E-state index in [9.17, 15) is 5.11 Å². The van der Waals surface area contributed by atoms with Gasteiger partial charge in [-0.1, -0.05) is 13.0 Å². The van der Waals surface area contributed by atoms with Crippen molar-refractivity contribution in [3.05, 3.63) is 28.8 Å². The standard InChI is InChI=1S/C15H24O3/c1-7-15(4,18-6)14(16)13-11(3)8-10(2)9-12(13)17-5/h8-9,14,16H,7H2,1-6H3. The van der Waals surface area contributed by atoms with Gasteiger partial charge in [0.15, 0.2) is 0 Å². The first-order valence-corrected chi connectivity index (χ1v) is 6.28. The smallest absolute Gasteiger partial charge is 0.125 e. The van der Waals surface area contributed by atoms with Crippen LogP contribution in [0.25, 0.3) is 0 Å². The lowest BCUT2D eigenvalue weighted by atomic mass is 9.87. The fourth-order valence-corrected chi connectivity index (χ4v) is 2.21. The highest BCUT2D eigenvalue weighted by Gasteiger charge is 2.35. The molecule has 0 saturated heterocycles. The molecule has 1 rings (SSSR count). The first kappa shape index (κ1) is 15.0. The lowest BCUT2D eigenvalue weighted by Crippen LogP contribution is -2.35. The van der Waals surface area contributed by atoms with Crippen molar-refractivity contribution in [2.75, 3.05) is 14.2 Å². The molecule has 3 heteroatoms. The van der Waals surface area contributed by atoms with E-state index in [1.165, 1.54) is 0 Å². The SMILES string of the molecule is CCC(C)(OC)C(O)c1c(C)cc(C)cc1OC. The molecule has 0 fully saturated rings. The number of ether oxygens (including phenoxy) is 2. The molecule has 102 valence electrons. The summed E-state index contributed by atoms with van der Waals surface area (Å²) >= 11 is 0. The van der Waals surface area contributed by atoms with Gasteiger partial charge in [-0.3, -0.25) is 0 Å². The van der Waals surface area contributed by atoms with Gasteiger partial charge >= 0.3 is 0 Å². The summed E-state index contributed by atoms with van der Waals surface area (Å²) < 4.78 is 10.9. The fourth-order valence-electron chi connectivity index (χ4n) is 2.21. The van der Waals surface area contributed by atoms with E-state index in [-0.39, 0.29) is 0 Å². The van der Waals surface area contributed by atoms with Crippen LogP contribution in [0.15, 0.2) is 12.1 Å². The van der Waals surface area contributed by atoms with Gasteiger partial charge in [0, 0.05) is 12.7 Å². The Morgan fingerprint density at radius 2 is 1.89 bits per heavy atom. The highest BCUT2D eigenvalue weighted by atomic mass is 16.5. The number of methoxy groups -OCH3 is 2. The number of hydrogen-bond acceptors (Lipinski definition) is 3. The van der Waals surface area contributed by atoms with Crippen LogP contribution in [0, 0.1) is 13.8 Å². The molecule has 1 aromatic carbocycles. The van der Waals surface area contributed by atoms with Crippen molar-refractivity contribution >= 4 is 0 Å². The molecule has 0 spiro atoms. The molecule has 0 amide bonds. The van der Waals surface area contributed by atoms with Gasteiger partial charge in [-0.25, -0.2) is 0 Å².